The number of nitrogens with zero attached hydrogens (tertiary/aromatic N) is 1. The maximum Gasteiger partial charge on any atom is 0.222 e. The molecule has 0 unspecified atom stereocenters. The minimum atomic E-state index is 0.0489. The Labute approximate surface area is 116 Å². The Bertz CT molecular complexity index is 423. The Hall–Kier alpha value is -1.35. The van der Waals surface area contributed by atoms with Gasteiger partial charge in [0, 0.05) is 19.0 Å². The molecule has 1 aliphatic heterocycles. The van der Waals surface area contributed by atoms with Crippen molar-refractivity contribution in [3.8, 4) is 0 Å². The molecule has 1 aromatic carbocycles. The van der Waals surface area contributed by atoms with E-state index in [-0.39, 0.29) is 11.8 Å². The fourth-order valence-corrected chi connectivity index (χ4v) is 2.43. The quantitative estimate of drug-likeness (QED) is 0.882. The number of benzene rings is 1. The molecule has 3 nitrogen and oxygen atoms in total. The van der Waals surface area contributed by atoms with Gasteiger partial charge in [0.15, 0.2) is 0 Å². The second kappa shape index (κ2) is 6.71. The normalized spacial score (nSPS) is 15.9. The summed E-state index contributed by atoms with van der Waals surface area (Å²) < 4.78 is 0. The zero-order valence-electron chi connectivity index (χ0n) is 12.0. The van der Waals surface area contributed by atoms with Crippen LogP contribution in [0.5, 0.6) is 0 Å². The highest BCUT2D eigenvalue weighted by Crippen LogP contribution is 2.13. The molecule has 3 heteroatoms. The Morgan fingerprint density at radius 3 is 2.63 bits per heavy atom. The van der Waals surface area contributed by atoms with E-state index in [1.165, 1.54) is 37.1 Å². The van der Waals surface area contributed by atoms with Gasteiger partial charge in [-0.05, 0) is 37.1 Å². The molecule has 1 fully saturated rings. The van der Waals surface area contributed by atoms with Gasteiger partial charge in [0.05, 0.1) is 0 Å². The van der Waals surface area contributed by atoms with Crippen LogP contribution in [0.3, 0.4) is 0 Å². The molecule has 1 heterocycles. The SMILES string of the molecule is CC(C)C(=O)NCc1cccc(CN2CCCC2)c1. The molecule has 0 spiro atoms. The molecule has 1 amide bonds. The predicted octanol–water partition coefficient (Wildman–Crippen LogP) is 2.55. The lowest BCUT2D eigenvalue weighted by molar-refractivity contribution is -0.124. The van der Waals surface area contributed by atoms with E-state index in [2.05, 4.69) is 34.5 Å². The fraction of sp³-hybridized carbons (Fsp3) is 0.562. The first-order valence-corrected chi connectivity index (χ1v) is 7.23. The summed E-state index contributed by atoms with van der Waals surface area (Å²) in [5.74, 6) is 0.165. The predicted molar refractivity (Wildman–Crippen MR) is 77.6 cm³/mol. The van der Waals surface area contributed by atoms with Crippen LogP contribution in [-0.2, 0) is 17.9 Å². The maximum absolute atomic E-state index is 11.6. The van der Waals surface area contributed by atoms with Crippen molar-refractivity contribution in [3.05, 3.63) is 35.4 Å². The second-order valence-corrected chi connectivity index (χ2v) is 5.68. The summed E-state index contributed by atoms with van der Waals surface area (Å²) in [6, 6.07) is 8.54. The highest BCUT2D eigenvalue weighted by atomic mass is 16.1. The van der Waals surface area contributed by atoms with E-state index in [9.17, 15) is 4.79 Å². The number of hydrogen-bond acceptors (Lipinski definition) is 2. The number of carbonyl (C=O) groups excluding carboxylic acids is 1. The van der Waals surface area contributed by atoms with Gasteiger partial charge in [-0.3, -0.25) is 9.69 Å². The standard InChI is InChI=1S/C16H24N2O/c1-13(2)16(19)17-11-14-6-5-7-15(10-14)12-18-8-3-4-9-18/h5-7,10,13H,3-4,8-9,11-12H2,1-2H3,(H,17,19). The number of carbonyl (C=O) groups is 1. The summed E-state index contributed by atoms with van der Waals surface area (Å²) in [6.45, 7) is 7.93. The Kier molecular flexibility index (Phi) is 4.97. The van der Waals surface area contributed by atoms with E-state index in [1.54, 1.807) is 0 Å². The number of amides is 1. The van der Waals surface area contributed by atoms with Gasteiger partial charge in [-0.1, -0.05) is 38.1 Å². The van der Waals surface area contributed by atoms with Crippen molar-refractivity contribution in [2.24, 2.45) is 5.92 Å². The van der Waals surface area contributed by atoms with Crippen molar-refractivity contribution < 1.29 is 4.79 Å². The van der Waals surface area contributed by atoms with Gasteiger partial charge in [0.2, 0.25) is 5.91 Å². The molecule has 1 N–H and O–H groups in total. The highest BCUT2D eigenvalue weighted by molar-refractivity contribution is 5.77. The van der Waals surface area contributed by atoms with E-state index in [4.69, 9.17) is 0 Å². The smallest absolute Gasteiger partial charge is 0.222 e. The minimum Gasteiger partial charge on any atom is -0.352 e. The van der Waals surface area contributed by atoms with Crippen LogP contribution in [0.4, 0.5) is 0 Å². The molecular weight excluding hydrogens is 236 g/mol. The molecule has 0 radical (unpaired) electrons. The van der Waals surface area contributed by atoms with Crippen LogP contribution in [0.1, 0.15) is 37.8 Å². The molecule has 2 rings (SSSR count). The maximum atomic E-state index is 11.6. The van der Waals surface area contributed by atoms with Crippen molar-refractivity contribution in [2.45, 2.75) is 39.8 Å². The Morgan fingerprint density at radius 2 is 1.95 bits per heavy atom. The van der Waals surface area contributed by atoms with Crippen LogP contribution in [0.15, 0.2) is 24.3 Å². The van der Waals surface area contributed by atoms with Gasteiger partial charge < -0.3 is 5.32 Å². The van der Waals surface area contributed by atoms with E-state index in [1.807, 2.05) is 13.8 Å². The van der Waals surface area contributed by atoms with Crippen LogP contribution in [-0.4, -0.2) is 23.9 Å². The molecule has 0 aliphatic carbocycles. The molecule has 0 atom stereocenters. The highest BCUT2D eigenvalue weighted by Gasteiger charge is 2.12. The van der Waals surface area contributed by atoms with E-state index < -0.39 is 0 Å². The van der Waals surface area contributed by atoms with Gasteiger partial charge in [0.1, 0.15) is 0 Å². The summed E-state index contributed by atoms with van der Waals surface area (Å²) in [5, 5.41) is 2.97. The van der Waals surface area contributed by atoms with Gasteiger partial charge in [0.25, 0.3) is 0 Å². The lowest BCUT2D eigenvalue weighted by atomic mass is 10.1. The average Bonchev–Trinajstić information content (AvgIpc) is 2.89. The zero-order valence-corrected chi connectivity index (χ0v) is 12.0. The molecule has 0 aromatic heterocycles. The van der Waals surface area contributed by atoms with Crippen molar-refractivity contribution in [2.75, 3.05) is 13.1 Å². The Balaban J connectivity index is 1.89. The first kappa shape index (κ1) is 14.1. The molecule has 1 saturated heterocycles. The third-order valence-electron chi connectivity index (χ3n) is 3.59. The number of nitrogens with one attached hydrogen (secondary N) is 1. The summed E-state index contributed by atoms with van der Waals surface area (Å²) in [7, 11) is 0. The monoisotopic (exact) mass is 260 g/mol. The lowest BCUT2D eigenvalue weighted by Crippen LogP contribution is -2.27. The number of likely N-dealkylation sites (tertiary alicyclic amines) is 1. The van der Waals surface area contributed by atoms with Crippen LogP contribution < -0.4 is 5.32 Å². The van der Waals surface area contributed by atoms with E-state index >= 15 is 0 Å². The first-order valence-electron chi connectivity index (χ1n) is 7.23. The van der Waals surface area contributed by atoms with Crippen LogP contribution in [0.25, 0.3) is 0 Å². The molecular formula is C16H24N2O. The summed E-state index contributed by atoms with van der Waals surface area (Å²) in [6.07, 6.45) is 2.65. The number of rotatable bonds is 5. The average molecular weight is 260 g/mol. The number of hydrogen-bond donors (Lipinski definition) is 1. The molecule has 0 bridgehead atoms. The van der Waals surface area contributed by atoms with Crippen LogP contribution in [0, 0.1) is 5.92 Å². The van der Waals surface area contributed by atoms with Gasteiger partial charge in [-0.15, -0.1) is 0 Å². The first-order chi connectivity index (χ1) is 9.15. The van der Waals surface area contributed by atoms with Crippen molar-refractivity contribution >= 4 is 5.91 Å². The van der Waals surface area contributed by atoms with Crippen molar-refractivity contribution in [1.82, 2.24) is 10.2 Å². The molecule has 1 aliphatic rings. The lowest BCUT2D eigenvalue weighted by Gasteiger charge is -2.15. The van der Waals surface area contributed by atoms with Gasteiger partial charge in [-0.25, -0.2) is 0 Å². The van der Waals surface area contributed by atoms with Crippen LogP contribution >= 0.6 is 0 Å². The Morgan fingerprint density at radius 1 is 1.26 bits per heavy atom. The third-order valence-corrected chi connectivity index (χ3v) is 3.59. The second-order valence-electron chi connectivity index (χ2n) is 5.68. The third kappa shape index (κ3) is 4.35. The van der Waals surface area contributed by atoms with Crippen LogP contribution in [0.2, 0.25) is 0 Å². The van der Waals surface area contributed by atoms with Gasteiger partial charge in [-0.2, -0.15) is 0 Å². The fourth-order valence-electron chi connectivity index (χ4n) is 2.43. The van der Waals surface area contributed by atoms with E-state index in [0.717, 1.165) is 6.54 Å². The molecule has 19 heavy (non-hydrogen) atoms. The summed E-state index contributed by atoms with van der Waals surface area (Å²) >= 11 is 0. The van der Waals surface area contributed by atoms with Gasteiger partial charge >= 0.3 is 0 Å². The van der Waals surface area contributed by atoms with Crippen molar-refractivity contribution in [1.29, 1.82) is 0 Å². The minimum absolute atomic E-state index is 0.0489. The molecule has 0 saturated carbocycles. The van der Waals surface area contributed by atoms with E-state index in [0.29, 0.717) is 6.54 Å². The molecule has 1 aromatic rings. The molecule has 104 valence electrons. The summed E-state index contributed by atoms with van der Waals surface area (Å²) in [4.78, 5) is 14.1. The van der Waals surface area contributed by atoms with Crippen molar-refractivity contribution in [3.63, 3.8) is 0 Å². The topological polar surface area (TPSA) is 32.3 Å². The zero-order chi connectivity index (χ0) is 13.7. The summed E-state index contributed by atoms with van der Waals surface area (Å²) in [5.41, 5.74) is 2.53. The largest absolute Gasteiger partial charge is 0.352 e.